The molecule has 0 aromatic heterocycles. The van der Waals surface area contributed by atoms with Gasteiger partial charge in [-0.2, -0.15) is 0 Å². The van der Waals surface area contributed by atoms with Crippen molar-refractivity contribution in [2.24, 2.45) is 16.7 Å². The fraction of sp³-hybridized carbons (Fsp3) is 0.682. The third-order valence-electron chi connectivity index (χ3n) is 7.92. The van der Waals surface area contributed by atoms with Gasteiger partial charge < -0.3 is 9.64 Å². The Morgan fingerprint density at radius 1 is 1.19 bits per heavy atom. The number of amides is 1. The maximum absolute atomic E-state index is 12.4. The molecule has 0 spiro atoms. The molecule has 142 valence electrons. The molecule has 4 heteroatoms. The molecule has 2 bridgehead atoms. The smallest absolute Gasteiger partial charge is 0.223 e. The fourth-order valence-electron chi connectivity index (χ4n) is 5.58. The van der Waals surface area contributed by atoms with Crippen molar-refractivity contribution < 1.29 is 9.53 Å². The van der Waals surface area contributed by atoms with Crippen molar-refractivity contribution in [2.75, 3.05) is 6.61 Å². The number of carbonyl (C=O) groups is 1. The van der Waals surface area contributed by atoms with E-state index in [4.69, 9.17) is 16.3 Å². The van der Waals surface area contributed by atoms with E-state index >= 15 is 0 Å². The molecule has 26 heavy (non-hydrogen) atoms. The van der Waals surface area contributed by atoms with E-state index in [1.165, 1.54) is 19.3 Å². The standard InChI is InChI=1S/C22H30ClNO2/c1-21(2)16-10-11-22(21,3)19(12-16)26-14-18-8-9-20(25)24(18)13-15-4-6-17(23)7-5-15/h4-7,16,18-19H,8-14H2,1-3H3/t16-,18?,19-,22+/m1/s1. The lowest BCUT2D eigenvalue weighted by molar-refractivity contribution is -0.131. The molecular weight excluding hydrogens is 346 g/mol. The summed E-state index contributed by atoms with van der Waals surface area (Å²) in [6.45, 7) is 8.57. The highest BCUT2D eigenvalue weighted by atomic mass is 35.5. The molecule has 1 heterocycles. The monoisotopic (exact) mass is 375 g/mol. The Morgan fingerprint density at radius 3 is 2.54 bits per heavy atom. The molecule has 3 aliphatic rings. The highest BCUT2D eigenvalue weighted by Crippen LogP contribution is 2.66. The number of ether oxygens (including phenoxy) is 1. The van der Waals surface area contributed by atoms with Gasteiger partial charge in [-0.3, -0.25) is 4.79 Å². The van der Waals surface area contributed by atoms with Crippen LogP contribution in [0.2, 0.25) is 5.02 Å². The first-order valence-electron chi connectivity index (χ1n) is 9.97. The number of hydrogen-bond donors (Lipinski definition) is 0. The number of benzene rings is 1. The van der Waals surface area contributed by atoms with Gasteiger partial charge in [0, 0.05) is 18.0 Å². The summed E-state index contributed by atoms with van der Waals surface area (Å²) in [6, 6.07) is 7.99. The zero-order chi connectivity index (χ0) is 18.5. The van der Waals surface area contributed by atoms with Gasteiger partial charge in [-0.05, 0) is 60.1 Å². The number of nitrogens with zero attached hydrogens (tertiary/aromatic N) is 1. The molecule has 1 aliphatic heterocycles. The minimum atomic E-state index is 0.198. The molecule has 1 aromatic rings. The van der Waals surface area contributed by atoms with E-state index in [1.54, 1.807) is 0 Å². The molecule has 1 saturated heterocycles. The average Bonchev–Trinajstić information content (AvgIpc) is 3.12. The molecule has 0 radical (unpaired) electrons. The molecule has 0 N–H and O–H groups in total. The van der Waals surface area contributed by atoms with Crippen LogP contribution in [0.25, 0.3) is 0 Å². The highest BCUT2D eigenvalue weighted by Gasteiger charge is 2.61. The van der Waals surface area contributed by atoms with Crippen LogP contribution < -0.4 is 0 Å². The van der Waals surface area contributed by atoms with Crippen LogP contribution in [0.4, 0.5) is 0 Å². The molecule has 2 saturated carbocycles. The second-order valence-electron chi connectivity index (χ2n) is 9.27. The van der Waals surface area contributed by atoms with Gasteiger partial charge in [0.05, 0.1) is 18.8 Å². The van der Waals surface area contributed by atoms with Crippen LogP contribution in [0.5, 0.6) is 0 Å². The molecule has 4 atom stereocenters. The van der Waals surface area contributed by atoms with Crippen LogP contribution in [-0.4, -0.2) is 29.6 Å². The maximum atomic E-state index is 12.4. The molecule has 1 amide bonds. The second kappa shape index (κ2) is 6.53. The SMILES string of the molecule is CC1(C)[C@@H]2CC[C@@]1(C)[C@H](OCC1CCC(=O)N1Cc1ccc(Cl)cc1)C2. The van der Waals surface area contributed by atoms with E-state index in [-0.39, 0.29) is 17.4 Å². The van der Waals surface area contributed by atoms with E-state index in [0.717, 1.165) is 22.9 Å². The molecule has 2 aliphatic carbocycles. The summed E-state index contributed by atoms with van der Waals surface area (Å²) < 4.78 is 6.48. The van der Waals surface area contributed by atoms with Gasteiger partial charge in [0.15, 0.2) is 0 Å². The van der Waals surface area contributed by atoms with Crippen LogP contribution in [0.3, 0.4) is 0 Å². The van der Waals surface area contributed by atoms with E-state index in [1.807, 2.05) is 29.2 Å². The Morgan fingerprint density at radius 2 is 1.92 bits per heavy atom. The molecule has 1 aromatic carbocycles. The first kappa shape index (κ1) is 18.3. The summed E-state index contributed by atoms with van der Waals surface area (Å²) in [6.07, 6.45) is 5.67. The van der Waals surface area contributed by atoms with Gasteiger partial charge in [0.25, 0.3) is 0 Å². The summed E-state index contributed by atoms with van der Waals surface area (Å²) in [5.41, 5.74) is 1.77. The normalized spacial score (nSPS) is 35.5. The summed E-state index contributed by atoms with van der Waals surface area (Å²) in [5.74, 6) is 1.03. The topological polar surface area (TPSA) is 29.5 Å². The van der Waals surface area contributed by atoms with Crippen molar-refractivity contribution in [1.29, 1.82) is 0 Å². The lowest BCUT2D eigenvalue weighted by Crippen LogP contribution is -2.41. The van der Waals surface area contributed by atoms with Crippen molar-refractivity contribution >= 4 is 17.5 Å². The van der Waals surface area contributed by atoms with Crippen LogP contribution in [-0.2, 0) is 16.1 Å². The minimum Gasteiger partial charge on any atom is -0.375 e. The first-order valence-corrected chi connectivity index (χ1v) is 10.3. The summed E-state index contributed by atoms with van der Waals surface area (Å²) in [7, 11) is 0. The van der Waals surface area contributed by atoms with Gasteiger partial charge in [-0.15, -0.1) is 0 Å². The summed E-state index contributed by atoms with van der Waals surface area (Å²) in [5, 5.41) is 0.730. The lowest BCUT2D eigenvalue weighted by Gasteiger charge is -2.39. The van der Waals surface area contributed by atoms with Crippen LogP contribution in [0.1, 0.15) is 58.4 Å². The van der Waals surface area contributed by atoms with Crippen LogP contribution >= 0.6 is 11.6 Å². The summed E-state index contributed by atoms with van der Waals surface area (Å²) >= 11 is 5.97. The van der Waals surface area contributed by atoms with Crippen molar-refractivity contribution in [3.8, 4) is 0 Å². The van der Waals surface area contributed by atoms with Crippen molar-refractivity contribution in [3.05, 3.63) is 34.9 Å². The van der Waals surface area contributed by atoms with E-state index in [9.17, 15) is 4.79 Å². The molecule has 4 rings (SSSR count). The Bertz CT molecular complexity index is 686. The fourth-order valence-corrected chi connectivity index (χ4v) is 5.71. The largest absolute Gasteiger partial charge is 0.375 e. The quantitative estimate of drug-likeness (QED) is 0.719. The van der Waals surface area contributed by atoms with Gasteiger partial charge >= 0.3 is 0 Å². The number of fused-ring (bicyclic) bond motifs is 2. The predicted octanol–water partition coefficient (Wildman–Crippen LogP) is 5.06. The number of carbonyl (C=O) groups excluding carboxylic acids is 1. The average molecular weight is 376 g/mol. The van der Waals surface area contributed by atoms with Crippen molar-refractivity contribution in [3.63, 3.8) is 0 Å². The number of likely N-dealkylation sites (tertiary alicyclic amines) is 1. The van der Waals surface area contributed by atoms with E-state index in [2.05, 4.69) is 20.8 Å². The third-order valence-corrected chi connectivity index (χ3v) is 8.17. The maximum Gasteiger partial charge on any atom is 0.223 e. The Labute approximate surface area is 162 Å². The van der Waals surface area contributed by atoms with Crippen LogP contribution in [0, 0.1) is 16.7 Å². The van der Waals surface area contributed by atoms with Gasteiger partial charge in [0.1, 0.15) is 0 Å². The molecule has 1 unspecified atom stereocenters. The van der Waals surface area contributed by atoms with Crippen LogP contribution in [0.15, 0.2) is 24.3 Å². The predicted molar refractivity (Wildman–Crippen MR) is 104 cm³/mol. The first-order chi connectivity index (χ1) is 12.3. The summed E-state index contributed by atoms with van der Waals surface area (Å²) in [4.78, 5) is 14.4. The molecular formula is C22H30ClNO2. The molecule has 3 fully saturated rings. The number of rotatable bonds is 5. The zero-order valence-electron chi connectivity index (χ0n) is 16.1. The minimum absolute atomic E-state index is 0.198. The van der Waals surface area contributed by atoms with Gasteiger partial charge in [0.2, 0.25) is 5.91 Å². The Kier molecular flexibility index (Phi) is 4.60. The van der Waals surface area contributed by atoms with E-state index < -0.39 is 0 Å². The Hall–Kier alpha value is -1.06. The molecule has 3 nitrogen and oxygen atoms in total. The van der Waals surface area contributed by atoms with E-state index in [0.29, 0.717) is 31.1 Å². The van der Waals surface area contributed by atoms with Gasteiger partial charge in [-0.25, -0.2) is 0 Å². The second-order valence-corrected chi connectivity index (χ2v) is 9.71. The van der Waals surface area contributed by atoms with Crippen molar-refractivity contribution in [2.45, 2.75) is 71.6 Å². The van der Waals surface area contributed by atoms with Gasteiger partial charge in [-0.1, -0.05) is 44.5 Å². The lowest BCUT2D eigenvalue weighted by atomic mass is 9.70. The highest BCUT2D eigenvalue weighted by molar-refractivity contribution is 6.30. The number of hydrogen-bond acceptors (Lipinski definition) is 2. The van der Waals surface area contributed by atoms with Crippen molar-refractivity contribution in [1.82, 2.24) is 4.90 Å². The Balaban J connectivity index is 1.40. The third kappa shape index (κ3) is 2.88. The zero-order valence-corrected chi connectivity index (χ0v) is 16.9. The number of halogens is 1.